The number of carboxylic acids is 2. The number of esters is 1. The van der Waals surface area contributed by atoms with Crippen LogP contribution in [0.5, 0.6) is 0 Å². The van der Waals surface area contributed by atoms with E-state index in [9.17, 15) is 28.8 Å². The predicted octanol–water partition coefficient (Wildman–Crippen LogP) is -0.845. The van der Waals surface area contributed by atoms with E-state index in [-0.39, 0.29) is 50.9 Å². The van der Waals surface area contributed by atoms with Gasteiger partial charge in [0.1, 0.15) is 35.1 Å². The number of aliphatic hydroxyl groups is 3. The van der Waals surface area contributed by atoms with Crippen LogP contribution in [0.1, 0.15) is 47.0 Å². The van der Waals surface area contributed by atoms with Gasteiger partial charge in [-0.2, -0.15) is 0 Å². The van der Waals surface area contributed by atoms with Crippen molar-refractivity contribution >= 4 is 41.7 Å². The summed E-state index contributed by atoms with van der Waals surface area (Å²) in [6.07, 6.45) is 0.573. The van der Waals surface area contributed by atoms with Crippen molar-refractivity contribution < 1.29 is 68.9 Å². The van der Waals surface area contributed by atoms with Crippen LogP contribution in [0.25, 0.3) is 0 Å². The first-order valence-electron chi connectivity index (χ1n) is 10.3. The molecular weight excluding hydrogens is 476 g/mol. The lowest BCUT2D eigenvalue weighted by atomic mass is 10.0. The first kappa shape index (κ1) is 39.0. The van der Waals surface area contributed by atoms with E-state index in [1.165, 1.54) is 20.8 Å². The molecule has 1 rings (SSSR count). The molecule has 1 aliphatic heterocycles. The summed E-state index contributed by atoms with van der Waals surface area (Å²) in [5.41, 5.74) is 0. The van der Waals surface area contributed by atoms with Crippen LogP contribution in [0.2, 0.25) is 0 Å². The maximum absolute atomic E-state index is 10.6. The van der Waals surface area contributed by atoms with Crippen LogP contribution < -0.4 is 0 Å². The second-order valence-corrected chi connectivity index (χ2v) is 6.57. The van der Waals surface area contributed by atoms with E-state index < -0.39 is 41.3 Å². The van der Waals surface area contributed by atoms with Gasteiger partial charge in [-0.05, 0) is 40.5 Å². The van der Waals surface area contributed by atoms with Crippen molar-refractivity contribution in [3.05, 3.63) is 0 Å². The van der Waals surface area contributed by atoms with Gasteiger partial charge in [0.15, 0.2) is 0 Å². The molecule has 0 spiro atoms. The van der Waals surface area contributed by atoms with Gasteiger partial charge in [-0.15, -0.1) is 0 Å². The highest BCUT2D eigenvalue weighted by Crippen LogP contribution is 2.14. The average Bonchev–Trinajstić information content (AvgIpc) is 3.17. The van der Waals surface area contributed by atoms with E-state index in [0.717, 1.165) is 0 Å². The van der Waals surface area contributed by atoms with Crippen LogP contribution in [0.15, 0.2) is 0 Å². The number of aliphatic carboxylic acids is 2. The van der Waals surface area contributed by atoms with E-state index >= 15 is 0 Å². The molecule has 3 atom stereocenters. The quantitative estimate of drug-likeness (QED) is 0.125. The number of carbonyl (C=O) groups is 7. The molecule has 35 heavy (non-hydrogen) atoms. The first-order chi connectivity index (χ1) is 16.2. The van der Waals surface area contributed by atoms with Crippen LogP contribution in [-0.2, 0) is 38.3 Å². The van der Waals surface area contributed by atoms with Gasteiger partial charge in [-0.1, -0.05) is 0 Å². The molecule has 1 heterocycles. The van der Waals surface area contributed by atoms with Crippen molar-refractivity contribution in [1.29, 1.82) is 0 Å². The summed E-state index contributed by atoms with van der Waals surface area (Å²) in [5.74, 6) is -6.15. The smallest absolute Gasteiger partial charge is 0.316 e. The number of aliphatic hydroxyl groups excluding tert-OH is 3. The normalized spacial score (nSPS) is 14.7. The molecule has 1 saturated heterocycles. The van der Waals surface area contributed by atoms with Gasteiger partial charge in [0, 0.05) is 26.2 Å². The number of ether oxygens (including phenoxy) is 1. The Labute approximate surface area is 202 Å². The highest BCUT2D eigenvalue weighted by molar-refractivity contribution is 5.98. The fourth-order valence-corrected chi connectivity index (χ4v) is 2.12. The van der Waals surface area contributed by atoms with Gasteiger partial charge < -0.3 is 35.4 Å². The maximum Gasteiger partial charge on any atom is 0.316 e. The Balaban J connectivity index is -0.000000185. The zero-order valence-electron chi connectivity index (χ0n) is 20.2. The van der Waals surface area contributed by atoms with E-state index in [2.05, 4.69) is 4.74 Å². The summed E-state index contributed by atoms with van der Waals surface area (Å²) in [4.78, 5) is 70.9. The molecule has 1 fully saturated rings. The number of cyclic esters (lactones) is 1. The first-order valence-corrected chi connectivity index (χ1v) is 10.3. The molecule has 204 valence electrons. The summed E-state index contributed by atoms with van der Waals surface area (Å²) in [5, 5.41) is 47.8. The van der Waals surface area contributed by atoms with E-state index in [0.29, 0.717) is 13.0 Å². The van der Waals surface area contributed by atoms with Crippen LogP contribution >= 0.6 is 0 Å². The molecule has 0 aromatic rings. The third kappa shape index (κ3) is 23.7. The van der Waals surface area contributed by atoms with Gasteiger partial charge in [0.2, 0.25) is 0 Å². The summed E-state index contributed by atoms with van der Waals surface area (Å²) < 4.78 is 4.57. The molecule has 1 aliphatic rings. The van der Waals surface area contributed by atoms with Crippen LogP contribution in [0.3, 0.4) is 0 Å². The van der Waals surface area contributed by atoms with Crippen LogP contribution in [-0.4, -0.2) is 98.8 Å². The minimum atomic E-state index is -1.17. The van der Waals surface area contributed by atoms with Gasteiger partial charge >= 0.3 is 17.9 Å². The fraction of sp³-hybridized carbons (Fsp3) is 0.667. The summed E-state index contributed by atoms with van der Waals surface area (Å²) in [6.45, 7) is 5.37. The van der Waals surface area contributed by atoms with Gasteiger partial charge in [-0.3, -0.25) is 33.6 Å². The minimum Gasteiger partial charge on any atom is -0.483 e. The lowest BCUT2D eigenvalue weighted by molar-refractivity contribution is -0.148. The number of hydrogen-bond acceptors (Lipinski definition) is 11. The lowest BCUT2D eigenvalue weighted by Gasteiger charge is -2.04. The molecule has 14 nitrogen and oxygen atoms in total. The number of carbonyl (C=O) groups excluding carboxylic acids is 4. The molecule has 14 heteroatoms. The molecular formula is C21H36O14. The van der Waals surface area contributed by atoms with Crippen molar-refractivity contribution in [2.45, 2.75) is 47.0 Å². The highest BCUT2D eigenvalue weighted by atomic mass is 16.5. The Bertz CT molecular complexity index is 596. The number of hydrogen-bond donors (Lipinski definition) is 6. The highest BCUT2D eigenvalue weighted by Gasteiger charge is 2.30. The summed E-state index contributed by atoms with van der Waals surface area (Å²) in [7, 11) is 0. The third-order valence-corrected chi connectivity index (χ3v) is 3.84. The molecule has 3 unspecified atom stereocenters. The van der Waals surface area contributed by atoms with Crippen molar-refractivity contribution in [3.63, 3.8) is 0 Å². The fourth-order valence-electron chi connectivity index (χ4n) is 2.12. The SMILES string of the molecule is CC(=O)C(CCO)C(=O)O.CC(=O)C(CCO)C(=O)O.CC(=O)C1CCOC1=O.CCO.O=CO. The van der Waals surface area contributed by atoms with E-state index in [1.807, 2.05) is 0 Å². The molecule has 0 aromatic heterocycles. The number of Topliss-reactive ketones (excluding diaryl/α,β-unsaturated/α-hetero) is 3. The molecule has 0 bridgehead atoms. The second-order valence-electron chi connectivity index (χ2n) is 6.57. The van der Waals surface area contributed by atoms with Gasteiger partial charge in [0.05, 0.1) is 6.61 Å². The Morgan fingerprint density at radius 1 is 0.914 bits per heavy atom. The largest absolute Gasteiger partial charge is 0.483 e. The summed E-state index contributed by atoms with van der Waals surface area (Å²) >= 11 is 0. The zero-order chi connectivity index (χ0) is 28.6. The van der Waals surface area contributed by atoms with Crippen molar-refractivity contribution in [2.75, 3.05) is 26.4 Å². The maximum atomic E-state index is 10.6. The molecule has 0 aromatic carbocycles. The predicted molar refractivity (Wildman–Crippen MR) is 118 cm³/mol. The monoisotopic (exact) mass is 512 g/mol. The molecule has 6 N–H and O–H groups in total. The van der Waals surface area contributed by atoms with E-state index in [1.54, 1.807) is 6.92 Å². The Morgan fingerprint density at radius 3 is 1.31 bits per heavy atom. The third-order valence-electron chi connectivity index (χ3n) is 3.84. The lowest BCUT2D eigenvalue weighted by Crippen LogP contribution is -2.22. The molecule has 0 aliphatic carbocycles. The number of ketones is 3. The van der Waals surface area contributed by atoms with Crippen molar-refractivity contribution in [1.82, 2.24) is 0 Å². The molecule has 0 amide bonds. The Hall–Kier alpha value is -3.23. The second kappa shape index (κ2) is 25.4. The summed E-state index contributed by atoms with van der Waals surface area (Å²) in [6, 6.07) is 0. The van der Waals surface area contributed by atoms with Crippen LogP contribution in [0.4, 0.5) is 0 Å². The Morgan fingerprint density at radius 2 is 1.23 bits per heavy atom. The average molecular weight is 513 g/mol. The molecule has 0 radical (unpaired) electrons. The number of carboxylic acid groups (broad SMARTS) is 3. The van der Waals surface area contributed by atoms with Gasteiger partial charge in [-0.25, -0.2) is 0 Å². The van der Waals surface area contributed by atoms with Gasteiger partial charge in [0.25, 0.3) is 6.47 Å². The van der Waals surface area contributed by atoms with E-state index in [4.69, 9.17) is 35.4 Å². The number of rotatable bonds is 9. The minimum absolute atomic E-state index is 0.00463. The standard InChI is InChI=1S/2C6H10O4.C6H8O3.C2H6O.CH2O2/c2*1-4(8)5(2-3-7)6(9)10;1-4(7)5-2-3-9-6(5)8;1-2-3;2-1-3/h2*5,7H,2-3H2,1H3,(H,9,10);5H,2-3H2,1H3;3H,2H2,1H3;1H,(H,2,3). The van der Waals surface area contributed by atoms with Crippen molar-refractivity contribution in [2.24, 2.45) is 17.8 Å². The zero-order valence-corrected chi connectivity index (χ0v) is 20.2. The Kier molecular flexibility index (Phi) is 28.3. The van der Waals surface area contributed by atoms with Crippen molar-refractivity contribution in [3.8, 4) is 0 Å². The van der Waals surface area contributed by atoms with Crippen LogP contribution in [0, 0.1) is 17.8 Å². The topological polar surface area (TPSA) is 250 Å². The molecule has 0 saturated carbocycles.